The van der Waals surface area contributed by atoms with E-state index in [1.54, 1.807) is 13.8 Å². The number of rotatable bonds is 3. The SMILES string of the molecule is CC(C)OC(=O)Cn1cc(Br)c(=O)[nH]c1=O. The van der Waals surface area contributed by atoms with Gasteiger partial charge in [0.2, 0.25) is 0 Å². The second kappa shape index (κ2) is 5.11. The molecule has 1 heterocycles. The molecule has 7 heteroatoms. The molecule has 0 spiro atoms. The number of esters is 1. The van der Waals surface area contributed by atoms with E-state index < -0.39 is 17.2 Å². The molecule has 16 heavy (non-hydrogen) atoms. The molecule has 1 rings (SSSR count). The fourth-order valence-corrected chi connectivity index (χ4v) is 1.39. The Bertz CT molecular complexity index is 503. The molecule has 0 aliphatic heterocycles. The lowest BCUT2D eigenvalue weighted by Crippen LogP contribution is -2.32. The minimum absolute atomic E-state index is 0.185. The quantitative estimate of drug-likeness (QED) is 0.809. The first-order chi connectivity index (χ1) is 7.40. The molecule has 0 amide bonds. The van der Waals surface area contributed by atoms with Gasteiger partial charge in [0.15, 0.2) is 0 Å². The van der Waals surface area contributed by atoms with Crippen molar-refractivity contribution in [2.45, 2.75) is 26.5 Å². The number of hydrogen-bond acceptors (Lipinski definition) is 4. The number of H-pyrrole nitrogens is 1. The van der Waals surface area contributed by atoms with Crippen LogP contribution in [0.5, 0.6) is 0 Å². The maximum atomic E-state index is 11.3. The van der Waals surface area contributed by atoms with Crippen LogP contribution in [-0.2, 0) is 16.1 Å². The van der Waals surface area contributed by atoms with Crippen molar-refractivity contribution in [3.63, 3.8) is 0 Å². The van der Waals surface area contributed by atoms with Crippen molar-refractivity contribution >= 4 is 21.9 Å². The molecule has 0 aliphatic rings. The monoisotopic (exact) mass is 290 g/mol. The lowest BCUT2D eigenvalue weighted by molar-refractivity contribution is -0.148. The summed E-state index contributed by atoms with van der Waals surface area (Å²) in [5.41, 5.74) is -1.17. The second-order valence-corrected chi connectivity index (χ2v) is 4.26. The van der Waals surface area contributed by atoms with Crippen LogP contribution in [-0.4, -0.2) is 21.6 Å². The van der Waals surface area contributed by atoms with Crippen LogP contribution in [0.2, 0.25) is 0 Å². The van der Waals surface area contributed by atoms with Crippen LogP contribution in [0.3, 0.4) is 0 Å². The number of carbonyl (C=O) groups is 1. The molecule has 0 atom stereocenters. The van der Waals surface area contributed by atoms with Gasteiger partial charge in [-0.3, -0.25) is 19.1 Å². The van der Waals surface area contributed by atoms with E-state index >= 15 is 0 Å². The average Bonchev–Trinajstić information content (AvgIpc) is 2.12. The fraction of sp³-hybridized carbons (Fsp3) is 0.444. The molecule has 0 bridgehead atoms. The van der Waals surface area contributed by atoms with E-state index in [-0.39, 0.29) is 17.1 Å². The summed E-state index contributed by atoms with van der Waals surface area (Å²) < 4.78 is 6.12. The lowest BCUT2D eigenvalue weighted by atomic mass is 10.5. The summed E-state index contributed by atoms with van der Waals surface area (Å²) in [6, 6.07) is 0. The van der Waals surface area contributed by atoms with Gasteiger partial charge in [0.25, 0.3) is 5.56 Å². The first-order valence-corrected chi connectivity index (χ1v) is 5.38. The average molecular weight is 291 g/mol. The number of aromatic amines is 1. The van der Waals surface area contributed by atoms with Gasteiger partial charge < -0.3 is 4.74 Å². The third-order valence-electron chi connectivity index (χ3n) is 1.63. The minimum Gasteiger partial charge on any atom is -0.462 e. The molecule has 0 fully saturated rings. The van der Waals surface area contributed by atoms with E-state index in [9.17, 15) is 14.4 Å². The van der Waals surface area contributed by atoms with Crippen LogP contribution in [0, 0.1) is 0 Å². The van der Waals surface area contributed by atoms with E-state index in [1.807, 2.05) is 0 Å². The molecule has 1 aromatic rings. The predicted molar refractivity (Wildman–Crippen MR) is 60.3 cm³/mol. The van der Waals surface area contributed by atoms with Crippen LogP contribution in [0.1, 0.15) is 13.8 Å². The van der Waals surface area contributed by atoms with Crippen molar-refractivity contribution in [2.75, 3.05) is 0 Å². The van der Waals surface area contributed by atoms with Crippen molar-refractivity contribution in [1.82, 2.24) is 9.55 Å². The maximum absolute atomic E-state index is 11.3. The van der Waals surface area contributed by atoms with E-state index in [1.165, 1.54) is 6.20 Å². The fourth-order valence-electron chi connectivity index (χ4n) is 1.04. The van der Waals surface area contributed by atoms with E-state index in [0.717, 1.165) is 4.57 Å². The van der Waals surface area contributed by atoms with Crippen molar-refractivity contribution in [2.24, 2.45) is 0 Å². The lowest BCUT2D eigenvalue weighted by Gasteiger charge is -2.08. The van der Waals surface area contributed by atoms with Crippen molar-refractivity contribution in [3.05, 3.63) is 31.5 Å². The van der Waals surface area contributed by atoms with Crippen LogP contribution in [0.15, 0.2) is 20.3 Å². The van der Waals surface area contributed by atoms with Gasteiger partial charge in [-0.1, -0.05) is 0 Å². The van der Waals surface area contributed by atoms with Gasteiger partial charge in [-0.05, 0) is 29.8 Å². The van der Waals surface area contributed by atoms with E-state index in [4.69, 9.17) is 4.74 Å². The highest BCUT2D eigenvalue weighted by Crippen LogP contribution is 1.98. The Kier molecular flexibility index (Phi) is 4.05. The van der Waals surface area contributed by atoms with Crippen molar-refractivity contribution < 1.29 is 9.53 Å². The number of halogens is 1. The zero-order chi connectivity index (χ0) is 12.3. The molecule has 6 nitrogen and oxygen atoms in total. The predicted octanol–water partition coefficient (Wildman–Crippen LogP) is 0.251. The number of hydrogen-bond donors (Lipinski definition) is 1. The summed E-state index contributed by atoms with van der Waals surface area (Å²) in [5, 5.41) is 0. The Balaban J connectivity index is 2.90. The van der Waals surface area contributed by atoms with E-state index in [0.29, 0.717) is 0 Å². The number of nitrogens with one attached hydrogen (secondary N) is 1. The Morgan fingerprint density at radius 3 is 2.75 bits per heavy atom. The highest BCUT2D eigenvalue weighted by Gasteiger charge is 2.09. The molecule has 1 aromatic heterocycles. The highest BCUT2D eigenvalue weighted by molar-refractivity contribution is 9.10. The second-order valence-electron chi connectivity index (χ2n) is 3.40. The highest BCUT2D eigenvalue weighted by atomic mass is 79.9. The molecule has 0 aromatic carbocycles. The summed E-state index contributed by atoms with van der Waals surface area (Å²) in [4.78, 5) is 35.7. The molecule has 88 valence electrons. The Labute approximate surface area is 99.4 Å². The molecule has 0 saturated heterocycles. The first kappa shape index (κ1) is 12.7. The van der Waals surface area contributed by atoms with Gasteiger partial charge in [-0.15, -0.1) is 0 Å². The first-order valence-electron chi connectivity index (χ1n) is 4.59. The standard InChI is InChI=1S/C9H11BrN2O4/c1-5(2)16-7(13)4-12-3-6(10)8(14)11-9(12)15/h3,5H,4H2,1-2H3,(H,11,14,15). The zero-order valence-corrected chi connectivity index (χ0v) is 10.4. The molecule has 0 saturated carbocycles. The van der Waals surface area contributed by atoms with Gasteiger partial charge >= 0.3 is 11.7 Å². The number of nitrogens with zero attached hydrogens (tertiary/aromatic N) is 1. The molecule has 1 N–H and O–H groups in total. The third kappa shape index (κ3) is 3.34. The zero-order valence-electron chi connectivity index (χ0n) is 8.82. The van der Waals surface area contributed by atoms with Crippen LogP contribution in [0.25, 0.3) is 0 Å². The molecule has 0 aliphatic carbocycles. The van der Waals surface area contributed by atoms with Gasteiger partial charge in [-0.2, -0.15) is 0 Å². The number of aromatic nitrogens is 2. The van der Waals surface area contributed by atoms with E-state index in [2.05, 4.69) is 20.9 Å². The third-order valence-corrected chi connectivity index (χ3v) is 2.20. The smallest absolute Gasteiger partial charge is 0.328 e. The Hall–Kier alpha value is -1.37. The van der Waals surface area contributed by atoms with Gasteiger partial charge in [-0.25, -0.2) is 4.79 Å². The molecule has 0 radical (unpaired) electrons. The normalized spacial score (nSPS) is 10.5. The number of ether oxygens (including phenoxy) is 1. The maximum Gasteiger partial charge on any atom is 0.328 e. The topological polar surface area (TPSA) is 81.2 Å². The summed E-state index contributed by atoms with van der Waals surface area (Å²) in [7, 11) is 0. The van der Waals surface area contributed by atoms with Crippen molar-refractivity contribution in [3.8, 4) is 0 Å². The minimum atomic E-state index is -0.645. The van der Waals surface area contributed by atoms with Crippen LogP contribution in [0.4, 0.5) is 0 Å². The summed E-state index contributed by atoms with van der Waals surface area (Å²) >= 11 is 2.97. The molecule has 0 unspecified atom stereocenters. The van der Waals surface area contributed by atoms with Crippen LogP contribution >= 0.6 is 15.9 Å². The Morgan fingerprint density at radius 2 is 2.19 bits per heavy atom. The molecular weight excluding hydrogens is 280 g/mol. The Morgan fingerprint density at radius 1 is 1.56 bits per heavy atom. The summed E-state index contributed by atoms with van der Waals surface area (Å²) in [5.74, 6) is -0.531. The molecular formula is C9H11BrN2O4. The van der Waals surface area contributed by atoms with Crippen LogP contribution < -0.4 is 11.2 Å². The van der Waals surface area contributed by atoms with Gasteiger partial charge in [0.05, 0.1) is 10.6 Å². The number of carbonyl (C=O) groups excluding carboxylic acids is 1. The summed E-state index contributed by atoms with van der Waals surface area (Å²) in [6.45, 7) is 3.19. The van der Waals surface area contributed by atoms with Gasteiger partial charge in [0, 0.05) is 6.20 Å². The van der Waals surface area contributed by atoms with Crippen molar-refractivity contribution in [1.29, 1.82) is 0 Å². The summed E-state index contributed by atoms with van der Waals surface area (Å²) in [6.07, 6.45) is 1.01. The van der Waals surface area contributed by atoms with Gasteiger partial charge in [0.1, 0.15) is 6.54 Å². The largest absolute Gasteiger partial charge is 0.462 e.